The average molecular weight is 334 g/mol. The van der Waals surface area contributed by atoms with Gasteiger partial charge in [-0.15, -0.1) is 0 Å². The van der Waals surface area contributed by atoms with E-state index in [2.05, 4.69) is 15.9 Å². The van der Waals surface area contributed by atoms with E-state index >= 15 is 0 Å². The molecule has 3 nitrogen and oxygen atoms in total. The fourth-order valence-electron chi connectivity index (χ4n) is 1.98. The second-order valence-electron chi connectivity index (χ2n) is 4.83. The molecule has 0 bridgehead atoms. The third-order valence-corrected chi connectivity index (χ3v) is 3.71. The van der Waals surface area contributed by atoms with Crippen LogP contribution in [-0.4, -0.2) is 29.1 Å². The lowest BCUT2D eigenvalue weighted by Crippen LogP contribution is -2.32. The molecule has 0 saturated heterocycles. The number of hydrogen-bond donors (Lipinski definition) is 1. The Labute approximate surface area is 118 Å². The molecule has 2 rings (SSSR count). The molecule has 0 aromatic heterocycles. The van der Waals surface area contributed by atoms with Crippen molar-refractivity contribution in [3.05, 3.63) is 33.8 Å². The summed E-state index contributed by atoms with van der Waals surface area (Å²) in [5.74, 6) is -1.84. The highest BCUT2D eigenvalue weighted by Gasteiger charge is 2.26. The predicted octanol–water partition coefficient (Wildman–Crippen LogP) is 3.02. The van der Waals surface area contributed by atoms with Crippen LogP contribution in [0.4, 0.5) is 8.78 Å². The van der Waals surface area contributed by atoms with Crippen molar-refractivity contribution in [2.45, 2.75) is 19.4 Å². The van der Waals surface area contributed by atoms with E-state index in [1.807, 2.05) is 0 Å². The Morgan fingerprint density at radius 1 is 1.42 bits per heavy atom. The van der Waals surface area contributed by atoms with Crippen molar-refractivity contribution in [1.82, 2.24) is 4.90 Å². The lowest BCUT2D eigenvalue weighted by Gasteiger charge is -2.21. The van der Waals surface area contributed by atoms with Gasteiger partial charge >= 0.3 is 5.97 Å². The van der Waals surface area contributed by atoms with E-state index < -0.39 is 17.6 Å². The first-order valence-corrected chi connectivity index (χ1v) is 6.83. The van der Waals surface area contributed by atoms with Gasteiger partial charge in [0, 0.05) is 18.7 Å². The highest BCUT2D eigenvalue weighted by molar-refractivity contribution is 9.10. The van der Waals surface area contributed by atoms with Gasteiger partial charge in [0.25, 0.3) is 0 Å². The number of benzene rings is 1. The van der Waals surface area contributed by atoms with E-state index in [4.69, 9.17) is 5.11 Å². The number of hydrogen-bond acceptors (Lipinski definition) is 2. The van der Waals surface area contributed by atoms with Gasteiger partial charge in [0.2, 0.25) is 0 Å². The van der Waals surface area contributed by atoms with Crippen LogP contribution in [0.15, 0.2) is 16.6 Å². The summed E-state index contributed by atoms with van der Waals surface area (Å²) < 4.78 is 27.7. The largest absolute Gasteiger partial charge is 0.480 e. The van der Waals surface area contributed by atoms with Crippen molar-refractivity contribution >= 4 is 21.9 Å². The van der Waals surface area contributed by atoms with Crippen molar-refractivity contribution in [3.8, 4) is 0 Å². The molecule has 104 valence electrons. The number of rotatable bonds is 6. The summed E-state index contributed by atoms with van der Waals surface area (Å²) in [6.45, 7) is 0.333. The molecular weight excluding hydrogens is 320 g/mol. The molecule has 1 fully saturated rings. The van der Waals surface area contributed by atoms with Crippen molar-refractivity contribution in [2.24, 2.45) is 5.92 Å². The Balaban J connectivity index is 2.15. The molecule has 1 aromatic rings. The first-order chi connectivity index (χ1) is 8.97. The van der Waals surface area contributed by atoms with E-state index in [0.29, 0.717) is 12.5 Å². The molecule has 0 unspecified atom stereocenters. The van der Waals surface area contributed by atoms with Gasteiger partial charge in [0.15, 0.2) is 0 Å². The lowest BCUT2D eigenvalue weighted by atomic mass is 10.1. The summed E-state index contributed by atoms with van der Waals surface area (Å²) in [6, 6.07) is 2.48. The zero-order valence-electron chi connectivity index (χ0n) is 10.2. The topological polar surface area (TPSA) is 40.5 Å². The van der Waals surface area contributed by atoms with Gasteiger partial charge in [-0.2, -0.15) is 0 Å². The van der Waals surface area contributed by atoms with Gasteiger partial charge in [0.05, 0.1) is 11.0 Å². The van der Waals surface area contributed by atoms with Gasteiger partial charge in [-0.3, -0.25) is 9.69 Å². The molecule has 6 heteroatoms. The van der Waals surface area contributed by atoms with E-state index in [0.717, 1.165) is 12.8 Å². The number of nitrogens with zero attached hydrogens (tertiary/aromatic N) is 1. The quantitative estimate of drug-likeness (QED) is 0.813. The van der Waals surface area contributed by atoms with Gasteiger partial charge in [-0.05, 0) is 46.8 Å². The van der Waals surface area contributed by atoms with E-state index in [1.54, 1.807) is 4.90 Å². The summed E-state index contributed by atoms with van der Waals surface area (Å²) in [6.07, 6.45) is 2.11. The minimum absolute atomic E-state index is 0.0279. The Hall–Kier alpha value is -1.01. The van der Waals surface area contributed by atoms with Crippen LogP contribution in [0.3, 0.4) is 0 Å². The van der Waals surface area contributed by atoms with Crippen LogP contribution in [0, 0.1) is 17.6 Å². The van der Waals surface area contributed by atoms with Gasteiger partial charge in [0.1, 0.15) is 11.6 Å². The van der Waals surface area contributed by atoms with E-state index in [1.165, 1.54) is 12.1 Å². The smallest absolute Gasteiger partial charge is 0.317 e. The maximum Gasteiger partial charge on any atom is 0.317 e. The highest BCUT2D eigenvalue weighted by Crippen LogP contribution is 2.31. The number of halogens is 3. The maximum atomic E-state index is 13.9. The van der Waals surface area contributed by atoms with Crippen molar-refractivity contribution in [2.75, 3.05) is 13.1 Å². The summed E-state index contributed by atoms with van der Waals surface area (Å²) in [5.41, 5.74) is -0.0868. The minimum atomic E-state index is -0.989. The average Bonchev–Trinajstić information content (AvgIpc) is 3.12. The van der Waals surface area contributed by atoms with E-state index in [-0.39, 0.29) is 23.1 Å². The molecule has 0 spiro atoms. The molecular formula is C13H14BrF2NO2. The number of carboxylic acids is 1. The number of carbonyl (C=O) groups is 1. The van der Waals surface area contributed by atoms with Gasteiger partial charge in [-0.25, -0.2) is 8.78 Å². The fraction of sp³-hybridized carbons (Fsp3) is 0.462. The van der Waals surface area contributed by atoms with Crippen LogP contribution >= 0.6 is 15.9 Å². The van der Waals surface area contributed by atoms with Gasteiger partial charge < -0.3 is 5.11 Å². The third-order valence-electron chi connectivity index (χ3n) is 3.09. The number of aliphatic carboxylic acids is 1. The van der Waals surface area contributed by atoms with Crippen molar-refractivity contribution in [3.63, 3.8) is 0 Å². The second kappa shape index (κ2) is 5.96. The molecule has 0 atom stereocenters. The summed E-state index contributed by atoms with van der Waals surface area (Å²) in [5, 5.41) is 8.85. The monoisotopic (exact) mass is 333 g/mol. The Bertz CT molecular complexity index is 492. The Morgan fingerprint density at radius 3 is 2.68 bits per heavy atom. The molecule has 0 amide bonds. The molecule has 19 heavy (non-hydrogen) atoms. The molecule has 1 N–H and O–H groups in total. The Kier molecular flexibility index (Phi) is 4.52. The zero-order chi connectivity index (χ0) is 14.0. The predicted molar refractivity (Wildman–Crippen MR) is 69.7 cm³/mol. The maximum absolute atomic E-state index is 13.9. The molecule has 1 aliphatic carbocycles. The first-order valence-electron chi connectivity index (χ1n) is 6.04. The molecule has 0 aliphatic heterocycles. The normalized spacial score (nSPS) is 14.9. The van der Waals surface area contributed by atoms with Crippen molar-refractivity contribution in [1.29, 1.82) is 0 Å². The van der Waals surface area contributed by atoms with Crippen LogP contribution < -0.4 is 0 Å². The van der Waals surface area contributed by atoms with Crippen molar-refractivity contribution < 1.29 is 18.7 Å². The fourth-order valence-corrected chi connectivity index (χ4v) is 2.35. The molecule has 0 heterocycles. The number of carboxylic acid groups (broad SMARTS) is 1. The highest BCUT2D eigenvalue weighted by atomic mass is 79.9. The first kappa shape index (κ1) is 14.4. The molecule has 1 aromatic carbocycles. The summed E-state index contributed by atoms with van der Waals surface area (Å²) in [7, 11) is 0. The van der Waals surface area contributed by atoms with E-state index in [9.17, 15) is 13.6 Å². The standard InChI is InChI=1S/C13H14BrF2NO2/c14-10-3-4-11(15)9(13(10)16)6-17(7-12(18)19)5-8-1-2-8/h3-4,8H,1-2,5-7H2,(H,18,19). The Morgan fingerprint density at radius 2 is 2.11 bits per heavy atom. The molecule has 1 aliphatic rings. The van der Waals surface area contributed by atoms with Crippen LogP contribution in [0.5, 0.6) is 0 Å². The minimum Gasteiger partial charge on any atom is -0.480 e. The third kappa shape index (κ3) is 3.98. The molecule has 1 saturated carbocycles. The zero-order valence-corrected chi connectivity index (χ0v) is 11.8. The second-order valence-corrected chi connectivity index (χ2v) is 5.68. The van der Waals surface area contributed by atoms with Crippen LogP contribution in [0.2, 0.25) is 0 Å². The van der Waals surface area contributed by atoms with Crippen LogP contribution in [0.25, 0.3) is 0 Å². The van der Waals surface area contributed by atoms with Crippen LogP contribution in [-0.2, 0) is 11.3 Å². The SMILES string of the molecule is O=C(O)CN(Cc1c(F)ccc(Br)c1F)CC1CC1. The summed E-state index contributed by atoms with van der Waals surface area (Å²) in [4.78, 5) is 12.4. The lowest BCUT2D eigenvalue weighted by molar-refractivity contribution is -0.138. The molecule has 0 radical (unpaired) electrons. The van der Waals surface area contributed by atoms with Crippen LogP contribution in [0.1, 0.15) is 18.4 Å². The van der Waals surface area contributed by atoms with Gasteiger partial charge in [-0.1, -0.05) is 0 Å². The summed E-state index contributed by atoms with van der Waals surface area (Å²) >= 11 is 3.01.